The van der Waals surface area contributed by atoms with Gasteiger partial charge < -0.3 is 20.0 Å². The van der Waals surface area contributed by atoms with Gasteiger partial charge in [0.15, 0.2) is 5.60 Å². The van der Waals surface area contributed by atoms with E-state index in [-0.39, 0.29) is 50.2 Å². The second kappa shape index (κ2) is 7.64. The smallest absolute Gasteiger partial charge is 0.335 e. The topological polar surface area (TPSA) is 98.2 Å². The molecule has 1 aromatic carbocycles. The molecule has 7 nitrogen and oxygen atoms in total. The highest BCUT2D eigenvalue weighted by Gasteiger charge is 2.42. The van der Waals surface area contributed by atoms with Crippen LogP contribution < -0.4 is 0 Å². The zero-order chi connectivity index (χ0) is 19.6. The van der Waals surface area contributed by atoms with E-state index in [1.54, 1.807) is 9.80 Å². The zero-order valence-electron chi connectivity index (χ0n) is 14.9. The maximum atomic E-state index is 13.0. The van der Waals surface area contributed by atoms with Crippen molar-refractivity contribution in [3.05, 3.63) is 35.6 Å². The van der Waals surface area contributed by atoms with Crippen LogP contribution in [-0.2, 0) is 9.59 Å². The number of piperidine rings is 2. The van der Waals surface area contributed by atoms with Crippen molar-refractivity contribution in [1.82, 2.24) is 9.80 Å². The van der Waals surface area contributed by atoms with Crippen molar-refractivity contribution in [3.63, 3.8) is 0 Å². The Morgan fingerprint density at radius 3 is 2.26 bits per heavy atom. The van der Waals surface area contributed by atoms with Crippen molar-refractivity contribution >= 4 is 17.8 Å². The van der Waals surface area contributed by atoms with E-state index in [9.17, 15) is 23.9 Å². The Hall–Kier alpha value is -2.48. The quantitative estimate of drug-likeness (QED) is 0.821. The number of carbonyl (C=O) groups excluding carboxylic acids is 2. The lowest BCUT2D eigenvalue weighted by molar-refractivity contribution is -0.166. The Kier molecular flexibility index (Phi) is 5.46. The van der Waals surface area contributed by atoms with E-state index in [1.807, 2.05) is 0 Å². The van der Waals surface area contributed by atoms with E-state index in [0.29, 0.717) is 24.9 Å². The van der Waals surface area contributed by atoms with Crippen LogP contribution in [0.15, 0.2) is 24.3 Å². The molecule has 3 rings (SSSR count). The molecule has 0 bridgehead atoms. The van der Waals surface area contributed by atoms with Gasteiger partial charge in [-0.15, -0.1) is 0 Å². The second-order valence-corrected chi connectivity index (χ2v) is 7.26. The van der Waals surface area contributed by atoms with Crippen molar-refractivity contribution in [3.8, 4) is 0 Å². The molecule has 0 aromatic heterocycles. The van der Waals surface area contributed by atoms with Crippen molar-refractivity contribution in [2.45, 2.75) is 31.3 Å². The molecular formula is C19H23FN2O5. The van der Waals surface area contributed by atoms with Crippen LogP contribution in [0, 0.1) is 11.7 Å². The number of nitrogens with zero attached hydrogens (tertiary/aromatic N) is 2. The molecule has 2 heterocycles. The van der Waals surface area contributed by atoms with E-state index in [1.165, 1.54) is 24.3 Å². The Balaban J connectivity index is 1.61. The lowest BCUT2D eigenvalue weighted by Gasteiger charge is -2.39. The SMILES string of the molecule is O=C(c1ccc(F)cc1)N1CCCC(C(=O)N2CCC(O)(C(=O)O)CC2)C1. The fourth-order valence-electron chi connectivity index (χ4n) is 3.71. The third kappa shape index (κ3) is 4.10. The molecule has 27 heavy (non-hydrogen) atoms. The number of aliphatic hydroxyl groups is 1. The van der Waals surface area contributed by atoms with Crippen LogP contribution >= 0.6 is 0 Å². The molecule has 1 atom stereocenters. The minimum atomic E-state index is -1.77. The first-order chi connectivity index (χ1) is 12.8. The molecule has 2 amide bonds. The normalized spacial score (nSPS) is 22.4. The van der Waals surface area contributed by atoms with Gasteiger partial charge in [0.1, 0.15) is 5.82 Å². The van der Waals surface area contributed by atoms with Gasteiger partial charge in [0.05, 0.1) is 5.92 Å². The second-order valence-electron chi connectivity index (χ2n) is 7.26. The number of likely N-dealkylation sites (tertiary alicyclic amines) is 2. The molecular weight excluding hydrogens is 355 g/mol. The number of amides is 2. The van der Waals surface area contributed by atoms with E-state index in [4.69, 9.17) is 5.11 Å². The summed E-state index contributed by atoms with van der Waals surface area (Å²) in [4.78, 5) is 39.7. The molecule has 146 valence electrons. The molecule has 1 aromatic rings. The third-order valence-corrected chi connectivity index (χ3v) is 5.45. The number of hydrogen-bond acceptors (Lipinski definition) is 4. The Labute approximate surface area is 156 Å². The average Bonchev–Trinajstić information content (AvgIpc) is 2.68. The Bertz CT molecular complexity index is 728. The highest BCUT2D eigenvalue weighted by molar-refractivity contribution is 5.94. The zero-order valence-corrected chi connectivity index (χ0v) is 14.9. The number of hydrogen-bond donors (Lipinski definition) is 2. The number of halogens is 1. The molecule has 2 saturated heterocycles. The number of aliphatic carboxylic acids is 1. The summed E-state index contributed by atoms with van der Waals surface area (Å²) in [5.74, 6) is -2.36. The molecule has 0 saturated carbocycles. The van der Waals surface area contributed by atoms with Gasteiger partial charge in [0.25, 0.3) is 5.91 Å². The summed E-state index contributed by atoms with van der Waals surface area (Å²) in [5.41, 5.74) is -1.39. The average molecular weight is 378 g/mol. The lowest BCUT2D eigenvalue weighted by atomic mass is 9.89. The summed E-state index contributed by atoms with van der Waals surface area (Å²) >= 11 is 0. The highest BCUT2D eigenvalue weighted by atomic mass is 19.1. The van der Waals surface area contributed by atoms with Gasteiger partial charge in [0, 0.05) is 44.6 Å². The van der Waals surface area contributed by atoms with Crippen LogP contribution in [0.5, 0.6) is 0 Å². The molecule has 0 spiro atoms. The first kappa shape index (κ1) is 19.3. The first-order valence-corrected chi connectivity index (χ1v) is 9.09. The van der Waals surface area contributed by atoms with Crippen LogP contribution in [0.4, 0.5) is 4.39 Å². The van der Waals surface area contributed by atoms with Gasteiger partial charge >= 0.3 is 5.97 Å². The summed E-state index contributed by atoms with van der Waals surface area (Å²) in [6.07, 6.45) is 1.35. The lowest BCUT2D eigenvalue weighted by Crippen LogP contribution is -2.53. The molecule has 1 unspecified atom stereocenters. The summed E-state index contributed by atoms with van der Waals surface area (Å²) < 4.78 is 13.0. The standard InChI is InChI=1S/C19H23FN2O5/c20-15-5-3-13(4-6-15)16(23)22-9-1-2-14(12-22)17(24)21-10-7-19(27,8-11-21)18(25)26/h3-6,14,27H,1-2,7-12H2,(H,25,26). The molecule has 2 aliphatic rings. The van der Waals surface area contributed by atoms with Gasteiger partial charge in [-0.1, -0.05) is 0 Å². The monoisotopic (exact) mass is 378 g/mol. The van der Waals surface area contributed by atoms with Crippen molar-refractivity contribution in [1.29, 1.82) is 0 Å². The fraction of sp³-hybridized carbons (Fsp3) is 0.526. The maximum Gasteiger partial charge on any atom is 0.335 e. The predicted octanol–water partition coefficient (Wildman–Crippen LogP) is 1.12. The Morgan fingerprint density at radius 2 is 1.67 bits per heavy atom. The minimum absolute atomic E-state index is 0.000975. The highest BCUT2D eigenvalue weighted by Crippen LogP contribution is 2.26. The first-order valence-electron chi connectivity index (χ1n) is 9.09. The van der Waals surface area contributed by atoms with Gasteiger partial charge in [-0.3, -0.25) is 9.59 Å². The van der Waals surface area contributed by atoms with E-state index in [2.05, 4.69) is 0 Å². The van der Waals surface area contributed by atoms with E-state index < -0.39 is 17.4 Å². The van der Waals surface area contributed by atoms with Crippen molar-refractivity contribution in [2.24, 2.45) is 5.92 Å². The van der Waals surface area contributed by atoms with Crippen LogP contribution in [0.3, 0.4) is 0 Å². The molecule has 0 radical (unpaired) electrons. The van der Waals surface area contributed by atoms with Gasteiger partial charge in [-0.25, -0.2) is 9.18 Å². The van der Waals surface area contributed by atoms with Crippen molar-refractivity contribution < 1.29 is 29.0 Å². The van der Waals surface area contributed by atoms with Crippen LogP contribution in [-0.4, -0.2) is 69.6 Å². The predicted molar refractivity (Wildman–Crippen MR) is 93.4 cm³/mol. The van der Waals surface area contributed by atoms with Crippen LogP contribution in [0.1, 0.15) is 36.0 Å². The van der Waals surface area contributed by atoms with Gasteiger partial charge in [0.2, 0.25) is 5.91 Å². The van der Waals surface area contributed by atoms with Crippen LogP contribution in [0.25, 0.3) is 0 Å². The molecule has 2 fully saturated rings. The van der Waals surface area contributed by atoms with Gasteiger partial charge in [-0.2, -0.15) is 0 Å². The maximum absolute atomic E-state index is 13.0. The summed E-state index contributed by atoms with van der Waals surface area (Å²) in [7, 11) is 0. The number of rotatable bonds is 3. The molecule has 2 N–H and O–H groups in total. The summed E-state index contributed by atoms with van der Waals surface area (Å²) in [5, 5.41) is 19.1. The number of carbonyl (C=O) groups is 3. The van der Waals surface area contributed by atoms with E-state index in [0.717, 1.165) is 0 Å². The third-order valence-electron chi connectivity index (χ3n) is 5.45. The van der Waals surface area contributed by atoms with Gasteiger partial charge in [-0.05, 0) is 37.1 Å². The number of carboxylic acid groups (broad SMARTS) is 1. The molecule has 2 aliphatic heterocycles. The van der Waals surface area contributed by atoms with Crippen molar-refractivity contribution in [2.75, 3.05) is 26.2 Å². The number of benzene rings is 1. The minimum Gasteiger partial charge on any atom is -0.479 e. The van der Waals surface area contributed by atoms with Crippen LogP contribution in [0.2, 0.25) is 0 Å². The largest absolute Gasteiger partial charge is 0.479 e. The molecule has 8 heteroatoms. The fourth-order valence-corrected chi connectivity index (χ4v) is 3.71. The Morgan fingerprint density at radius 1 is 1.04 bits per heavy atom. The summed E-state index contributed by atoms with van der Waals surface area (Å²) in [6.45, 7) is 1.20. The molecule has 0 aliphatic carbocycles. The van der Waals surface area contributed by atoms with E-state index >= 15 is 0 Å². The summed E-state index contributed by atoms with van der Waals surface area (Å²) in [6, 6.07) is 5.33. The number of carboxylic acids is 1.